The lowest BCUT2D eigenvalue weighted by Crippen LogP contribution is -2.54. The minimum atomic E-state index is -3.95. The molecule has 0 bridgehead atoms. The van der Waals surface area contributed by atoms with Gasteiger partial charge in [0.2, 0.25) is 15.9 Å². The van der Waals surface area contributed by atoms with Crippen LogP contribution in [-0.2, 0) is 19.6 Å². The van der Waals surface area contributed by atoms with Crippen molar-refractivity contribution < 1.29 is 17.9 Å². The third kappa shape index (κ3) is 3.05. The molecular weight excluding hydrogens is 314 g/mol. The second-order valence-electron chi connectivity index (χ2n) is 4.47. The molecular formula is C12H15N3O4S2. The van der Waals surface area contributed by atoms with E-state index in [9.17, 15) is 13.2 Å². The Morgan fingerprint density at radius 2 is 2.00 bits per heavy atom. The molecule has 21 heavy (non-hydrogen) atoms. The number of sulfonamides is 1. The van der Waals surface area contributed by atoms with E-state index in [4.69, 9.17) is 28.4 Å². The Morgan fingerprint density at radius 3 is 2.62 bits per heavy atom. The zero-order chi connectivity index (χ0) is 15.6. The van der Waals surface area contributed by atoms with Gasteiger partial charge in [-0.05, 0) is 6.07 Å². The van der Waals surface area contributed by atoms with E-state index in [-0.39, 0.29) is 35.2 Å². The summed E-state index contributed by atoms with van der Waals surface area (Å²) in [4.78, 5) is 11.4. The van der Waals surface area contributed by atoms with Crippen molar-refractivity contribution >= 4 is 33.1 Å². The fraction of sp³-hybridized carbons (Fsp3) is 0.333. The predicted molar refractivity (Wildman–Crippen MR) is 80.0 cm³/mol. The fourth-order valence-electron chi connectivity index (χ4n) is 2.12. The van der Waals surface area contributed by atoms with Gasteiger partial charge in [0, 0.05) is 12.1 Å². The molecule has 1 heterocycles. The van der Waals surface area contributed by atoms with Gasteiger partial charge in [-0.1, -0.05) is 30.4 Å². The molecule has 1 atom stereocenters. The Morgan fingerprint density at radius 1 is 1.33 bits per heavy atom. The van der Waals surface area contributed by atoms with E-state index in [2.05, 4.69) is 0 Å². The first kappa shape index (κ1) is 15.8. The summed E-state index contributed by atoms with van der Waals surface area (Å²) in [5, 5.41) is 0. The second-order valence-corrected chi connectivity index (χ2v) is 6.77. The van der Waals surface area contributed by atoms with Crippen molar-refractivity contribution in [1.82, 2.24) is 4.31 Å². The summed E-state index contributed by atoms with van der Waals surface area (Å²) < 4.78 is 31.7. The van der Waals surface area contributed by atoms with Crippen LogP contribution in [0.5, 0.6) is 0 Å². The highest BCUT2D eigenvalue weighted by Gasteiger charge is 2.38. The van der Waals surface area contributed by atoms with Crippen molar-refractivity contribution in [3.63, 3.8) is 0 Å². The molecule has 1 saturated heterocycles. The maximum Gasteiger partial charge on any atom is 0.244 e. The maximum atomic E-state index is 12.8. The number of benzene rings is 1. The molecule has 2 rings (SSSR count). The van der Waals surface area contributed by atoms with E-state index < -0.39 is 22.0 Å². The molecule has 0 spiro atoms. The lowest BCUT2D eigenvalue weighted by molar-refractivity contribution is -0.125. The molecule has 1 unspecified atom stereocenters. The first-order valence-corrected chi connectivity index (χ1v) is 7.98. The predicted octanol–water partition coefficient (Wildman–Crippen LogP) is -0.804. The Bertz CT molecular complexity index is 675. The summed E-state index contributed by atoms with van der Waals surface area (Å²) in [5.41, 5.74) is 11.1. The number of thiocarbonyl (C=S) groups is 1. The van der Waals surface area contributed by atoms with Crippen molar-refractivity contribution in [2.24, 2.45) is 11.5 Å². The molecule has 1 fully saturated rings. The smallest absolute Gasteiger partial charge is 0.244 e. The molecule has 0 saturated carbocycles. The quantitative estimate of drug-likeness (QED) is 0.698. The van der Waals surface area contributed by atoms with Gasteiger partial charge in [-0.2, -0.15) is 4.31 Å². The van der Waals surface area contributed by atoms with Crippen molar-refractivity contribution in [2.45, 2.75) is 10.9 Å². The van der Waals surface area contributed by atoms with E-state index in [0.717, 1.165) is 4.31 Å². The van der Waals surface area contributed by atoms with Crippen molar-refractivity contribution in [3.05, 3.63) is 29.8 Å². The third-order valence-corrected chi connectivity index (χ3v) is 5.33. The number of hydrogen-bond donors (Lipinski definition) is 2. The Hall–Kier alpha value is -1.55. The van der Waals surface area contributed by atoms with Crippen LogP contribution in [0.3, 0.4) is 0 Å². The number of amides is 1. The summed E-state index contributed by atoms with van der Waals surface area (Å²) >= 11 is 4.88. The lowest BCUT2D eigenvalue weighted by atomic mass is 10.2. The van der Waals surface area contributed by atoms with Gasteiger partial charge in [-0.3, -0.25) is 4.79 Å². The van der Waals surface area contributed by atoms with Gasteiger partial charge in [0.1, 0.15) is 11.0 Å². The molecule has 0 aromatic heterocycles. The zero-order valence-corrected chi connectivity index (χ0v) is 12.7. The normalized spacial score (nSPS) is 20.1. The van der Waals surface area contributed by atoms with Crippen LogP contribution in [0.4, 0.5) is 0 Å². The topological polar surface area (TPSA) is 116 Å². The van der Waals surface area contributed by atoms with Gasteiger partial charge in [0.25, 0.3) is 0 Å². The molecule has 1 aliphatic heterocycles. The SMILES string of the molecule is NC(=O)C1COCCN1S(=O)(=O)c1ccccc1C(N)=S. The van der Waals surface area contributed by atoms with Crippen LogP contribution < -0.4 is 11.5 Å². The van der Waals surface area contributed by atoms with E-state index in [1.165, 1.54) is 12.1 Å². The molecule has 114 valence electrons. The van der Waals surface area contributed by atoms with Gasteiger partial charge in [-0.25, -0.2) is 8.42 Å². The number of morpholine rings is 1. The summed E-state index contributed by atoms with van der Waals surface area (Å²) in [6, 6.07) is 5.09. The van der Waals surface area contributed by atoms with Crippen molar-refractivity contribution in [3.8, 4) is 0 Å². The average Bonchev–Trinajstić information content (AvgIpc) is 2.47. The number of rotatable bonds is 4. The third-order valence-electron chi connectivity index (χ3n) is 3.15. The summed E-state index contributed by atoms with van der Waals surface area (Å²) in [7, 11) is -3.95. The van der Waals surface area contributed by atoms with E-state index >= 15 is 0 Å². The average molecular weight is 329 g/mol. The number of carbonyl (C=O) groups is 1. The van der Waals surface area contributed by atoms with Crippen LogP contribution in [0.1, 0.15) is 5.56 Å². The molecule has 1 aromatic rings. The highest BCUT2D eigenvalue weighted by molar-refractivity contribution is 7.89. The Balaban J connectivity index is 2.51. The van der Waals surface area contributed by atoms with Crippen LogP contribution in [0, 0.1) is 0 Å². The molecule has 1 aromatic carbocycles. The molecule has 7 nitrogen and oxygen atoms in total. The minimum Gasteiger partial charge on any atom is -0.389 e. The number of primary amides is 1. The van der Waals surface area contributed by atoms with Crippen LogP contribution in [0.2, 0.25) is 0 Å². The monoisotopic (exact) mass is 329 g/mol. The number of nitrogens with zero attached hydrogens (tertiary/aromatic N) is 1. The van der Waals surface area contributed by atoms with Crippen molar-refractivity contribution in [1.29, 1.82) is 0 Å². The molecule has 4 N–H and O–H groups in total. The van der Waals surface area contributed by atoms with Crippen LogP contribution >= 0.6 is 12.2 Å². The zero-order valence-electron chi connectivity index (χ0n) is 11.1. The van der Waals surface area contributed by atoms with Gasteiger partial charge >= 0.3 is 0 Å². The first-order valence-electron chi connectivity index (χ1n) is 6.13. The molecule has 0 aliphatic carbocycles. The summed E-state index contributed by atoms with van der Waals surface area (Å²) in [6.45, 7) is 0.170. The van der Waals surface area contributed by atoms with Gasteiger partial charge in [0.15, 0.2) is 0 Å². The van der Waals surface area contributed by atoms with Crippen LogP contribution in [0.25, 0.3) is 0 Å². The molecule has 9 heteroatoms. The first-order chi connectivity index (χ1) is 9.85. The van der Waals surface area contributed by atoms with Gasteiger partial charge < -0.3 is 16.2 Å². The standard InChI is InChI=1S/C12H15N3O4S2/c13-11(16)9-7-19-6-5-15(9)21(17,18)10-4-2-1-3-8(10)12(14)20/h1-4,9H,5-7H2,(H2,13,16)(H2,14,20). The Kier molecular flexibility index (Phi) is 4.57. The number of carbonyl (C=O) groups excluding carboxylic acids is 1. The largest absolute Gasteiger partial charge is 0.389 e. The summed E-state index contributed by atoms with van der Waals surface area (Å²) in [5.74, 6) is -0.758. The fourth-order valence-corrected chi connectivity index (χ4v) is 4.14. The van der Waals surface area contributed by atoms with E-state index in [0.29, 0.717) is 0 Å². The Labute approximate surface area is 127 Å². The van der Waals surface area contributed by atoms with E-state index in [1.807, 2.05) is 0 Å². The molecule has 1 aliphatic rings. The number of ether oxygens (including phenoxy) is 1. The maximum absolute atomic E-state index is 12.8. The lowest BCUT2D eigenvalue weighted by Gasteiger charge is -2.32. The van der Waals surface area contributed by atoms with Crippen LogP contribution in [0.15, 0.2) is 29.2 Å². The van der Waals surface area contributed by atoms with Gasteiger partial charge in [-0.15, -0.1) is 0 Å². The number of nitrogens with two attached hydrogens (primary N) is 2. The van der Waals surface area contributed by atoms with Crippen LogP contribution in [-0.4, -0.2) is 49.4 Å². The molecule has 1 amide bonds. The summed E-state index contributed by atoms with van der Waals surface area (Å²) in [6.07, 6.45) is 0. The molecule has 0 radical (unpaired) electrons. The number of hydrogen-bond acceptors (Lipinski definition) is 5. The highest BCUT2D eigenvalue weighted by atomic mass is 32.2. The van der Waals surface area contributed by atoms with E-state index in [1.54, 1.807) is 12.1 Å². The minimum absolute atomic E-state index is 0.0296. The van der Waals surface area contributed by atoms with Gasteiger partial charge in [0.05, 0.1) is 18.1 Å². The highest BCUT2D eigenvalue weighted by Crippen LogP contribution is 2.23. The van der Waals surface area contributed by atoms with Crippen molar-refractivity contribution in [2.75, 3.05) is 19.8 Å². The second kappa shape index (κ2) is 6.06.